The number of amidine groups is 4. The molecule has 11 aromatic rings. The molecule has 0 spiro atoms. The number of hydrogen-bond donors (Lipinski definition) is 2. The van der Waals surface area contributed by atoms with Crippen LogP contribution in [-0.2, 0) is 22.4 Å². The zero-order valence-corrected chi connectivity index (χ0v) is 86.7. The molecule has 23 nitrogen and oxygen atoms in total. The Morgan fingerprint density at radius 1 is 0.479 bits per heavy atom. The molecule has 1 atom stereocenters. The van der Waals surface area contributed by atoms with Crippen LogP contribution in [0.25, 0.3) is 11.0 Å². The SMILES string of the molecule is CC(C)N1CCN(C2=Nc3cc(Cl)ccc3Nc3ccccc32)CC1.CC(C)N1c2ccc(Cl)cc2N=C(N2CCN(C)CC2)c2ccccc21.CC(C)OCCOCCN1CCN(C2=Nc3ccccc3Sc3ccccc32)CC1.CC(C)c1ccc2c(c1)C(N1CCN(C)CC1)=Nc1cc(Cl)ccc1N2.Cc1nc2n(c(=O)c1CCN1CCC(c3noc4cc(F)ccc34)CC1)CCCC2C(C)C. The number of rotatable bonds is 15. The van der Waals surface area contributed by atoms with Crippen molar-refractivity contribution >= 4 is 138 Å². The number of aliphatic imine (C=N–C) groups is 4. The Labute approximate surface area is 845 Å². The summed E-state index contributed by atoms with van der Waals surface area (Å²) in [4.78, 5) is 65.2. The van der Waals surface area contributed by atoms with Gasteiger partial charge in [-0.15, -0.1) is 0 Å². The maximum absolute atomic E-state index is 13.4. The Bertz CT molecular complexity index is 6320. The molecule has 21 rings (SSSR count). The fourth-order valence-corrected chi connectivity index (χ4v) is 21.7. The molecule has 0 radical (unpaired) electrons. The summed E-state index contributed by atoms with van der Waals surface area (Å²) >= 11 is 20.6. The van der Waals surface area contributed by atoms with Crippen molar-refractivity contribution in [3.05, 3.63) is 270 Å². The van der Waals surface area contributed by atoms with Crippen molar-refractivity contribution in [3.63, 3.8) is 0 Å². The van der Waals surface area contributed by atoms with Gasteiger partial charge in [-0.2, -0.15) is 0 Å². The number of anilines is 6. The number of para-hydroxylation sites is 3. The molecule has 738 valence electrons. The minimum atomic E-state index is -0.303. The van der Waals surface area contributed by atoms with E-state index in [0.29, 0.717) is 64.6 Å². The number of likely N-dealkylation sites (tertiary alicyclic amines) is 1. The lowest BCUT2D eigenvalue weighted by Gasteiger charge is -2.38. The monoisotopic (exact) mass is 1970 g/mol. The highest BCUT2D eigenvalue weighted by Gasteiger charge is 2.35. The van der Waals surface area contributed by atoms with Crippen molar-refractivity contribution in [2.24, 2.45) is 25.9 Å². The van der Waals surface area contributed by atoms with Gasteiger partial charge in [0.05, 0.1) is 77.1 Å². The highest BCUT2D eigenvalue weighted by molar-refractivity contribution is 7.99. The molecule has 12 heterocycles. The number of nitrogens with zero attached hydrogens (tertiary/aromatic N) is 17. The molecule has 0 amide bonds. The van der Waals surface area contributed by atoms with Gasteiger partial charge in [-0.3, -0.25) is 19.2 Å². The van der Waals surface area contributed by atoms with Gasteiger partial charge in [0.2, 0.25) is 0 Å². The van der Waals surface area contributed by atoms with E-state index in [4.69, 9.17) is 73.8 Å². The molecule has 28 heteroatoms. The van der Waals surface area contributed by atoms with Crippen molar-refractivity contribution in [1.29, 1.82) is 0 Å². The molecule has 5 saturated heterocycles. The maximum atomic E-state index is 13.4. The van der Waals surface area contributed by atoms with Gasteiger partial charge < -0.3 is 63.8 Å². The Morgan fingerprint density at radius 2 is 1.01 bits per heavy atom. The molecule has 10 aliphatic heterocycles. The Hall–Kier alpha value is -10.5. The van der Waals surface area contributed by atoms with Crippen molar-refractivity contribution in [1.82, 2.24) is 58.8 Å². The fourth-order valence-electron chi connectivity index (χ4n) is 20.2. The third-order valence-corrected chi connectivity index (χ3v) is 30.2. The van der Waals surface area contributed by atoms with E-state index < -0.39 is 0 Å². The largest absolute Gasteiger partial charge is 0.378 e. The van der Waals surface area contributed by atoms with Crippen LogP contribution in [0.2, 0.25) is 15.1 Å². The molecule has 140 heavy (non-hydrogen) atoms. The predicted molar refractivity (Wildman–Crippen MR) is 576 cm³/mol. The second-order valence-corrected chi connectivity index (χ2v) is 42.0. The summed E-state index contributed by atoms with van der Waals surface area (Å²) in [5.41, 5.74) is 19.8. The summed E-state index contributed by atoms with van der Waals surface area (Å²) in [6, 6.07) is 64.0. The van der Waals surface area contributed by atoms with Gasteiger partial charge in [0.1, 0.15) is 35.0 Å². The third-order valence-electron chi connectivity index (χ3n) is 28.3. The highest BCUT2D eigenvalue weighted by atomic mass is 35.5. The molecular weight excluding hydrogens is 1830 g/mol. The summed E-state index contributed by atoms with van der Waals surface area (Å²) in [5, 5.41) is 14.4. The quantitative estimate of drug-likeness (QED) is 0.0923. The Morgan fingerprint density at radius 3 is 1.65 bits per heavy atom. The van der Waals surface area contributed by atoms with Gasteiger partial charge in [0.25, 0.3) is 5.56 Å². The van der Waals surface area contributed by atoms with Crippen LogP contribution in [0.5, 0.6) is 0 Å². The lowest BCUT2D eigenvalue weighted by Crippen LogP contribution is -2.50. The maximum Gasteiger partial charge on any atom is 0.256 e. The first-order valence-corrected chi connectivity index (χ1v) is 52.4. The number of piperazine rings is 4. The number of benzene rings is 9. The van der Waals surface area contributed by atoms with Crippen molar-refractivity contribution in [2.75, 3.05) is 180 Å². The first kappa shape index (κ1) is 101. The molecule has 0 saturated carbocycles. The molecule has 2 N–H and O–H groups in total. The van der Waals surface area contributed by atoms with Crippen molar-refractivity contribution in [3.8, 4) is 0 Å². The van der Waals surface area contributed by atoms with Gasteiger partial charge >= 0.3 is 0 Å². The van der Waals surface area contributed by atoms with E-state index in [-0.39, 0.29) is 17.5 Å². The number of aromatic nitrogens is 3. The number of piperidine rings is 1. The fraction of sp³-hybridized carbons (Fsp3) is 0.438. The van der Waals surface area contributed by atoms with Crippen LogP contribution < -0.4 is 21.1 Å². The van der Waals surface area contributed by atoms with E-state index in [0.717, 1.165) is 289 Å². The van der Waals surface area contributed by atoms with Gasteiger partial charge in [-0.05, 0) is 246 Å². The number of hydrogen-bond acceptors (Lipinski definition) is 23. The van der Waals surface area contributed by atoms with Crippen LogP contribution in [0.15, 0.2) is 227 Å². The van der Waals surface area contributed by atoms with E-state index >= 15 is 0 Å². The molecule has 5 fully saturated rings. The standard InChI is InChI=1S/C26H33FN4O2.C24H31N3O2S.2C21H25ClN4.C20H23ClN4/c1-16(2)20-5-4-11-31-25(20)28-17(3)21(26(31)32)10-14-30-12-8-18(9-13-30)24-22-7-6-19(27)15-23(22)33-29-24;1-19(2)29-18-17-28-16-15-26-11-13-27(14-12-26)24-20-7-3-5-9-22(20)30-23-10-6-4-8-21(23)25-24;1-14(2)15-4-6-18-17(12-15)21(26-10-8-25(3)9-11-26)24-20-13-16(22)5-7-19(20)23-18;1-15(2)26-19-7-5-4-6-17(19)21(25-12-10-24(3)11-13-25)23-18-14-16(22)8-9-20(18)26;1-14(2)24-9-11-25(12-10-24)20-16-5-3-4-6-17(16)22-18-8-7-15(21)13-19(18)23-20/h6-7,15-16,18,20H,4-5,8-14H2,1-3H3;3-10,19H,11-18H2,1-2H3;4-7,12-14,23H,8-11H2,1-3H3;4-9,14-15H,10-13H2,1-3H3;3-8,13-14,22H,9-12H2,1-2H3. The van der Waals surface area contributed by atoms with Crippen LogP contribution >= 0.6 is 46.6 Å². The lowest BCUT2D eigenvalue weighted by atomic mass is 9.87. The number of nitrogens with one attached hydrogen (secondary N) is 2. The third kappa shape index (κ3) is 24.3. The molecule has 0 aliphatic carbocycles. The minimum absolute atomic E-state index is 0.166. The zero-order chi connectivity index (χ0) is 97.8. The Kier molecular flexibility index (Phi) is 33.7. The van der Waals surface area contributed by atoms with E-state index in [2.05, 4.69) is 256 Å². The van der Waals surface area contributed by atoms with Gasteiger partial charge in [-0.25, -0.2) is 29.3 Å². The summed E-state index contributed by atoms with van der Waals surface area (Å²) < 4.78 is 32.0. The zero-order valence-electron chi connectivity index (χ0n) is 83.6. The normalized spacial score (nSPS) is 17.9. The average Bonchev–Trinajstić information content (AvgIpc) is 1.62. The number of halogens is 4. The topological polar surface area (TPSA) is 185 Å². The number of fused-ring (bicyclic) bond motifs is 10. The highest BCUT2D eigenvalue weighted by Crippen LogP contribution is 2.46. The van der Waals surface area contributed by atoms with Gasteiger partial charge in [0, 0.05) is 229 Å². The second kappa shape index (κ2) is 46.7. The predicted octanol–water partition coefficient (Wildman–Crippen LogP) is 22.9. The van der Waals surface area contributed by atoms with Crippen molar-refractivity contribution in [2.45, 2.75) is 161 Å². The number of aryl methyl sites for hydroxylation is 1. The van der Waals surface area contributed by atoms with Crippen molar-refractivity contribution < 1.29 is 18.4 Å². The molecule has 1 unspecified atom stereocenters. The molecule has 10 aliphatic rings. The molecule has 2 aromatic heterocycles. The first-order valence-electron chi connectivity index (χ1n) is 50.5. The summed E-state index contributed by atoms with van der Waals surface area (Å²) in [5.74, 6) is 6.60. The van der Waals surface area contributed by atoms with Gasteiger partial charge in [-0.1, -0.05) is 140 Å². The lowest BCUT2D eigenvalue weighted by molar-refractivity contribution is 0.0120. The van der Waals surface area contributed by atoms with Crippen LogP contribution in [0, 0.1) is 18.7 Å². The summed E-state index contributed by atoms with van der Waals surface area (Å²) in [7, 11) is 4.35. The second-order valence-electron chi connectivity index (χ2n) is 39.6. The smallest absolute Gasteiger partial charge is 0.256 e. The summed E-state index contributed by atoms with van der Waals surface area (Å²) in [6.07, 6.45) is 5.14. The molecular formula is C112H137Cl3FN19O4S. The molecule has 0 bridgehead atoms. The van der Waals surface area contributed by atoms with Crippen LogP contribution in [0.3, 0.4) is 0 Å². The van der Waals surface area contributed by atoms with E-state index in [1.54, 1.807) is 6.07 Å². The van der Waals surface area contributed by atoms with Crippen LogP contribution in [-0.4, -0.2) is 265 Å². The van der Waals surface area contributed by atoms with Gasteiger partial charge in [0.15, 0.2) is 5.58 Å². The summed E-state index contributed by atoms with van der Waals surface area (Å²) in [6.45, 7) is 46.9. The van der Waals surface area contributed by atoms with E-state index in [1.807, 2.05) is 85.6 Å². The number of likely N-dealkylation sites (N-methyl/N-ethyl adjacent to an activating group) is 2. The number of ether oxygens (including phenoxy) is 2. The van der Waals surface area contributed by atoms with Crippen LogP contribution in [0.4, 0.5) is 61.3 Å². The van der Waals surface area contributed by atoms with E-state index in [1.165, 1.54) is 49.9 Å². The van der Waals surface area contributed by atoms with E-state index in [9.17, 15) is 9.18 Å². The minimum Gasteiger partial charge on any atom is -0.378 e. The molecule has 9 aromatic carbocycles. The van der Waals surface area contributed by atoms with Crippen LogP contribution in [0.1, 0.15) is 163 Å². The Balaban J connectivity index is 0.000000121. The first-order chi connectivity index (χ1) is 67.8. The average molecular weight is 1970 g/mol.